The molecule has 4 rings (SSSR count). The minimum atomic E-state index is 0.00736. The van der Waals surface area contributed by atoms with Crippen LogP contribution in [0, 0.1) is 0 Å². The molecule has 2 fully saturated rings. The molecule has 0 unspecified atom stereocenters. The molecule has 8 heteroatoms. The van der Waals surface area contributed by atoms with Gasteiger partial charge in [-0.3, -0.25) is 4.79 Å². The molecule has 2 aromatic heterocycles. The van der Waals surface area contributed by atoms with Gasteiger partial charge in [-0.05, 0) is 31.0 Å². The highest BCUT2D eigenvalue weighted by Crippen LogP contribution is 2.20. The first-order valence-electron chi connectivity index (χ1n) is 10.4. The zero-order chi connectivity index (χ0) is 20.1. The summed E-state index contributed by atoms with van der Waals surface area (Å²) >= 11 is 0. The van der Waals surface area contributed by atoms with Crippen LogP contribution in [0.15, 0.2) is 30.5 Å². The number of hydrogen-bond donors (Lipinski definition) is 0. The Morgan fingerprint density at radius 2 is 1.48 bits per heavy atom. The normalized spacial score (nSPS) is 17.8. The number of aromatic nitrogens is 3. The second kappa shape index (κ2) is 9.07. The van der Waals surface area contributed by atoms with Gasteiger partial charge in [0.2, 0.25) is 5.88 Å². The fourth-order valence-electron chi connectivity index (χ4n) is 3.93. The zero-order valence-electron chi connectivity index (χ0n) is 17.0. The van der Waals surface area contributed by atoms with Gasteiger partial charge in [-0.1, -0.05) is 12.8 Å². The van der Waals surface area contributed by atoms with Gasteiger partial charge in [-0.15, -0.1) is 10.2 Å². The average molecular weight is 396 g/mol. The highest BCUT2D eigenvalue weighted by atomic mass is 16.5. The quantitative estimate of drug-likeness (QED) is 0.784. The van der Waals surface area contributed by atoms with Crippen LogP contribution in [0.5, 0.6) is 5.88 Å². The fraction of sp³-hybridized carbons (Fsp3) is 0.524. The lowest BCUT2D eigenvalue weighted by molar-refractivity contribution is 0.0746. The number of ether oxygens (including phenoxy) is 1. The fourth-order valence-corrected chi connectivity index (χ4v) is 3.93. The van der Waals surface area contributed by atoms with Crippen LogP contribution in [0.3, 0.4) is 0 Å². The van der Waals surface area contributed by atoms with E-state index in [9.17, 15) is 4.79 Å². The third-order valence-corrected chi connectivity index (χ3v) is 5.65. The second-order valence-electron chi connectivity index (χ2n) is 7.52. The van der Waals surface area contributed by atoms with E-state index in [0.717, 1.165) is 37.8 Å². The lowest BCUT2D eigenvalue weighted by atomic mass is 10.2. The van der Waals surface area contributed by atoms with Crippen molar-refractivity contribution in [2.24, 2.45) is 0 Å². The average Bonchev–Trinajstić information content (AvgIpc) is 3.08. The Kier molecular flexibility index (Phi) is 6.07. The van der Waals surface area contributed by atoms with Crippen LogP contribution in [0.25, 0.3) is 0 Å². The van der Waals surface area contributed by atoms with Crippen molar-refractivity contribution < 1.29 is 9.53 Å². The van der Waals surface area contributed by atoms with Crippen LogP contribution in [0.2, 0.25) is 0 Å². The molecule has 4 heterocycles. The molecule has 154 valence electrons. The molecule has 0 radical (unpaired) electrons. The summed E-state index contributed by atoms with van der Waals surface area (Å²) in [6.45, 7) is 4.92. The van der Waals surface area contributed by atoms with Crippen molar-refractivity contribution in [1.82, 2.24) is 20.1 Å². The molecular formula is C21H28N6O2. The Morgan fingerprint density at radius 3 is 2.07 bits per heavy atom. The Labute approximate surface area is 171 Å². The van der Waals surface area contributed by atoms with Crippen molar-refractivity contribution in [2.75, 3.05) is 56.2 Å². The summed E-state index contributed by atoms with van der Waals surface area (Å²) in [5.41, 5.74) is 0.604. The molecule has 29 heavy (non-hydrogen) atoms. The van der Waals surface area contributed by atoms with Gasteiger partial charge in [0.1, 0.15) is 0 Å². The summed E-state index contributed by atoms with van der Waals surface area (Å²) in [5, 5.41) is 8.94. The molecule has 0 spiro atoms. The topological polar surface area (TPSA) is 74.7 Å². The molecule has 0 atom stereocenters. The molecule has 0 saturated carbocycles. The Hall–Kier alpha value is -2.90. The lowest BCUT2D eigenvalue weighted by Crippen LogP contribution is -2.49. The minimum absolute atomic E-state index is 0.00736. The molecular weight excluding hydrogens is 368 g/mol. The van der Waals surface area contributed by atoms with E-state index in [1.165, 1.54) is 25.7 Å². The largest absolute Gasteiger partial charge is 0.481 e. The van der Waals surface area contributed by atoms with Crippen molar-refractivity contribution in [3.05, 3.63) is 36.0 Å². The smallest absolute Gasteiger partial charge is 0.254 e. The molecule has 0 bridgehead atoms. The first-order valence-corrected chi connectivity index (χ1v) is 10.4. The van der Waals surface area contributed by atoms with E-state index >= 15 is 0 Å². The van der Waals surface area contributed by atoms with Gasteiger partial charge in [0.15, 0.2) is 11.6 Å². The van der Waals surface area contributed by atoms with Crippen molar-refractivity contribution >= 4 is 17.5 Å². The van der Waals surface area contributed by atoms with Crippen LogP contribution in [0.1, 0.15) is 36.0 Å². The summed E-state index contributed by atoms with van der Waals surface area (Å²) in [4.78, 5) is 23.2. The molecule has 1 amide bonds. The monoisotopic (exact) mass is 396 g/mol. The number of rotatable bonds is 4. The number of hydrogen-bond acceptors (Lipinski definition) is 7. The van der Waals surface area contributed by atoms with Crippen LogP contribution in [0.4, 0.5) is 11.6 Å². The van der Waals surface area contributed by atoms with Gasteiger partial charge in [0, 0.05) is 57.1 Å². The third-order valence-electron chi connectivity index (χ3n) is 5.65. The van der Waals surface area contributed by atoms with E-state index in [0.29, 0.717) is 24.5 Å². The third kappa shape index (κ3) is 4.58. The summed E-state index contributed by atoms with van der Waals surface area (Å²) in [5.74, 6) is 2.31. The Bertz CT molecular complexity index is 812. The number of carbonyl (C=O) groups excluding carboxylic acids is 1. The number of anilines is 2. The van der Waals surface area contributed by atoms with Gasteiger partial charge < -0.3 is 19.4 Å². The SMILES string of the molecule is COc1cc(C(=O)N2CCN(c3ccc(N4CCCCCC4)nn3)CC2)ccn1. The highest BCUT2D eigenvalue weighted by Gasteiger charge is 2.23. The molecule has 8 nitrogen and oxygen atoms in total. The maximum atomic E-state index is 12.7. The first-order chi connectivity index (χ1) is 14.2. The maximum absolute atomic E-state index is 12.7. The number of pyridine rings is 1. The van der Waals surface area contributed by atoms with Gasteiger partial charge in [-0.2, -0.15) is 0 Å². The van der Waals surface area contributed by atoms with Crippen LogP contribution < -0.4 is 14.5 Å². The number of amides is 1. The molecule has 2 aromatic rings. The zero-order valence-corrected chi connectivity index (χ0v) is 17.0. The molecule has 0 aromatic carbocycles. The molecule has 0 aliphatic carbocycles. The van der Waals surface area contributed by atoms with Crippen LogP contribution in [-0.4, -0.2) is 72.4 Å². The molecule has 2 aliphatic heterocycles. The summed E-state index contributed by atoms with van der Waals surface area (Å²) in [6, 6.07) is 7.54. The van der Waals surface area contributed by atoms with E-state index < -0.39 is 0 Å². The van der Waals surface area contributed by atoms with Crippen LogP contribution in [-0.2, 0) is 0 Å². The van der Waals surface area contributed by atoms with E-state index in [4.69, 9.17) is 4.74 Å². The standard InChI is InChI=1S/C21H28N6O2/c1-29-20-16-17(8-9-22-20)21(28)27-14-12-26(13-15-27)19-7-6-18(23-24-19)25-10-4-2-3-5-11-25/h6-9,16H,2-5,10-15H2,1H3. The number of methoxy groups -OCH3 is 1. The van der Waals surface area contributed by atoms with E-state index in [1.54, 1.807) is 25.4 Å². The highest BCUT2D eigenvalue weighted by molar-refractivity contribution is 5.94. The van der Waals surface area contributed by atoms with Gasteiger partial charge in [-0.25, -0.2) is 4.98 Å². The van der Waals surface area contributed by atoms with Crippen molar-refractivity contribution in [3.63, 3.8) is 0 Å². The van der Waals surface area contributed by atoms with Gasteiger partial charge >= 0.3 is 0 Å². The van der Waals surface area contributed by atoms with Gasteiger partial charge in [0.05, 0.1) is 7.11 Å². The first kappa shape index (κ1) is 19.4. The van der Waals surface area contributed by atoms with E-state index in [-0.39, 0.29) is 5.91 Å². The predicted molar refractivity (Wildman–Crippen MR) is 112 cm³/mol. The predicted octanol–water partition coefficient (Wildman–Crippen LogP) is 2.22. The Morgan fingerprint density at radius 1 is 0.862 bits per heavy atom. The molecule has 2 saturated heterocycles. The minimum Gasteiger partial charge on any atom is -0.481 e. The Balaban J connectivity index is 1.34. The van der Waals surface area contributed by atoms with E-state index in [1.807, 2.05) is 4.90 Å². The summed E-state index contributed by atoms with van der Waals surface area (Å²) in [6.07, 6.45) is 6.66. The lowest BCUT2D eigenvalue weighted by Gasteiger charge is -2.35. The summed E-state index contributed by atoms with van der Waals surface area (Å²) in [7, 11) is 1.55. The van der Waals surface area contributed by atoms with Gasteiger partial charge in [0.25, 0.3) is 5.91 Å². The second-order valence-corrected chi connectivity index (χ2v) is 7.52. The van der Waals surface area contributed by atoms with Crippen molar-refractivity contribution in [2.45, 2.75) is 25.7 Å². The maximum Gasteiger partial charge on any atom is 0.254 e. The number of piperazine rings is 1. The summed E-state index contributed by atoms with van der Waals surface area (Å²) < 4.78 is 5.12. The molecule has 2 aliphatic rings. The number of nitrogens with zero attached hydrogens (tertiary/aromatic N) is 6. The van der Waals surface area contributed by atoms with Crippen molar-refractivity contribution in [1.29, 1.82) is 0 Å². The molecule has 0 N–H and O–H groups in total. The van der Waals surface area contributed by atoms with E-state index in [2.05, 4.69) is 37.1 Å². The number of carbonyl (C=O) groups is 1. The van der Waals surface area contributed by atoms with Crippen molar-refractivity contribution in [3.8, 4) is 5.88 Å². The van der Waals surface area contributed by atoms with Crippen LogP contribution >= 0.6 is 0 Å².